The first-order chi connectivity index (χ1) is 38.5. The van der Waals surface area contributed by atoms with E-state index in [-0.39, 0.29) is 18.5 Å². The van der Waals surface area contributed by atoms with Crippen LogP contribution in [0, 0.1) is 0 Å². The molecule has 0 rings (SSSR count). The van der Waals surface area contributed by atoms with Crippen LogP contribution in [-0.2, 0) is 14.3 Å². The highest BCUT2D eigenvalue weighted by Gasteiger charge is 2.20. The molecule has 458 valence electrons. The fraction of sp³-hybridized carbons (Fsp3) is 0.861. The lowest BCUT2D eigenvalue weighted by molar-refractivity contribution is -0.143. The molecule has 0 bridgehead atoms. The molecule has 78 heavy (non-hydrogen) atoms. The van der Waals surface area contributed by atoms with Crippen molar-refractivity contribution in [2.24, 2.45) is 0 Å². The van der Waals surface area contributed by atoms with Crippen molar-refractivity contribution in [1.82, 2.24) is 5.32 Å². The molecule has 0 aromatic carbocycles. The molecule has 6 heteroatoms. The van der Waals surface area contributed by atoms with Gasteiger partial charge in [0.25, 0.3) is 0 Å². The number of hydrogen-bond donors (Lipinski definition) is 3. The van der Waals surface area contributed by atoms with E-state index in [1.807, 2.05) is 0 Å². The Kier molecular flexibility index (Phi) is 65.4. The summed E-state index contributed by atoms with van der Waals surface area (Å²) in [6.07, 6.45) is 87.2. The number of carbonyl (C=O) groups excluding carboxylic acids is 2. The lowest BCUT2D eigenvalue weighted by Gasteiger charge is -2.22. The summed E-state index contributed by atoms with van der Waals surface area (Å²) in [5.41, 5.74) is 0. The van der Waals surface area contributed by atoms with Crippen molar-refractivity contribution in [3.8, 4) is 0 Å². The summed E-state index contributed by atoms with van der Waals surface area (Å²) >= 11 is 0. The van der Waals surface area contributed by atoms with Crippen LogP contribution in [0.2, 0.25) is 0 Å². The number of ether oxygens (including phenoxy) is 1. The number of amides is 1. The van der Waals surface area contributed by atoms with Crippen LogP contribution in [0.5, 0.6) is 0 Å². The van der Waals surface area contributed by atoms with Gasteiger partial charge in [0.05, 0.1) is 25.4 Å². The molecule has 3 N–H and O–H groups in total. The van der Waals surface area contributed by atoms with Crippen molar-refractivity contribution < 1.29 is 24.5 Å². The predicted molar refractivity (Wildman–Crippen MR) is 342 cm³/mol. The van der Waals surface area contributed by atoms with Crippen LogP contribution in [0.25, 0.3) is 0 Å². The molecule has 0 fully saturated rings. The molecule has 0 aromatic heterocycles. The zero-order valence-corrected chi connectivity index (χ0v) is 52.4. The van der Waals surface area contributed by atoms with E-state index in [1.165, 1.54) is 283 Å². The highest BCUT2D eigenvalue weighted by atomic mass is 16.5. The molecule has 0 saturated carbocycles. The first-order valence-corrected chi connectivity index (χ1v) is 34.9. The number of rotatable bonds is 65. The first kappa shape index (κ1) is 75.8. The van der Waals surface area contributed by atoms with E-state index in [2.05, 4.69) is 67.8 Å². The highest BCUT2D eigenvalue weighted by Crippen LogP contribution is 2.18. The zero-order valence-electron chi connectivity index (χ0n) is 52.4. The van der Waals surface area contributed by atoms with Crippen LogP contribution in [0.15, 0.2) is 48.6 Å². The maximum atomic E-state index is 12.5. The number of carbonyl (C=O) groups is 2. The SMILES string of the molecule is CCCCC/C=C\C/C=C\CCCCCCCCCC(=O)OCCCCCCCCCCC/C=C\C/C=C\CCCCCCCCCCCC(=O)NC(CO)C(O)CCCCCCCCCCCCCCCCCCCCC. The number of esters is 1. The minimum absolute atomic E-state index is 0.00148. The van der Waals surface area contributed by atoms with Crippen LogP contribution in [0.4, 0.5) is 0 Å². The van der Waals surface area contributed by atoms with E-state index < -0.39 is 12.1 Å². The molecule has 2 atom stereocenters. The van der Waals surface area contributed by atoms with Crippen LogP contribution in [0.1, 0.15) is 373 Å². The van der Waals surface area contributed by atoms with E-state index in [4.69, 9.17) is 4.74 Å². The normalized spacial score (nSPS) is 12.8. The van der Waals surface area contributed by atoms with Crippen LogP contribution in [0.3, 0.4) is 0 Å². The minimum atomic E-state index is -0.670. The molecule has 0 aliphatic carbocycles. The second kappa shape index (κ2) is 67.3. The van der Waals surface area contributed by atoms with Gasteiger partial charge in [0.2, 0.25) is 5.91 Å². The van der Waals surface area contributed by atoms with Gasteiger partial charge < -0.3 is 20.3 Å². The summed E-state index contributed by atoms with van der Waals surface area (Å²) < 4.78 is 5.49. The van der Waals surface area contributed by atoms with Gasteiger partial charge in [-0.2, -0.15) is 0 Å². The van der Waals surface area contributed by atoms with Crippen molar-refractivity contribution in [2.45, 2.75) is 386 Å². The molecule has 0 radical (unpaired) electrons. The average molecular weight is 1090 g/mol. The van der Waals surface area contributed by atoms with Gasteiger partial charge in [0, 0.05) is 12.8 Å². The van der Waals surface area contributed by atoms with Gasteiger partial charge in [-0.1, -0.05) is 319 Å². The van der Waals surface area contributed by atoms with Crippen molar-refractivity contribution in [3.05, 3.63) is 48.6 Å². The summed E-state index contributed by atoms with van der Waals surface area (Å²) in [4.78, 5) is 24.6. The molecule has 6 nitrogen and oxygen atoms in total. The summed E-state index contributed by atoms with van der Waals surface area (Å²) in [6.45, 7) is 4.94. The van der Waals surface area contributed by atoms with E-state index in [9.17, 15) is 19.8 Å². The maximum Gasteiger partial charge on any atom is 0.305 e. The van der Waals surface area contributed by atoms with Crippen molar-refractivity contribution >= 4 is 11.9 Å². The van der Waals surface area contributed by atoms with E-state index in [0.717, 1.165) is 57.8 Å². The molecule has 0 aliphatic heterocycles. The third kappa shape index (κ3) is 63.0. The topological polar surface area (TPSA) is 95.9 Å². The van der Waals surface area contributed by atoms with Crippen LogP contribution < -0.4 is 5.32 Å². The number of aliphatic hydroxyl groups excluding tert-OH is 2. The summed E-state index contributed by atoms with van der Waals surface area (Å²) in [7, 11) is 0. The summed E-state index contributed by atoms with van der Waals surface area (Å²) in [5.74, 6) is -0.0369. The molecule has 0 saturated heterocycles. The number of unbranched alkanes of at least 4 members (excludes halogenated alkanes) is 46. The van der Waals surface area contributed by atoms with Gasteiger partial charge in [-0.3, -0.25) is 9.59 Å². The standard InChI is InChI=1S/C72H135NO5/c1-3-5-7-9-11-13-15-17-19-21-29-33-36-40-44-48-52-56-60-64-70(75)69(68-74)73-71(76)65-61-57-53-49-45-41-37-34-30-27-25-23-22-24-26-28-31-35-39-43-47-51-55-59-63-67-78-72(77)66-62-58-54-50-46-42-38-32-20-18-16-14-12-10-8-6-4-2/h12,14,18,20,23-26,69-70,74-75H,3-11,13,15-17,19,21-22,27-68H2,1-2H3,(H,73,76)/b14-12-,20-18-,25-23-,26-24-. The van der Waals surface area contributed by atoms with Crippen LogP contribution >= 0.6 is 0 Å². The highest BCUT2D eigenvalue weighted by molar-refractivity contribution is 5.76. The van der Waals surface area contributed by atoms with Gasteiger partial charge in [-0.25, -0.2) is 0 Å². The number of aliphatic hydroxyl groups is 2. The Balaban J connectivity index is 3.43. The Morgan fingerprint density at radius 2 is 0.641 bits per heavy atom. The number of allylic oxidation sites excluding steroid dienone is 8. The second-order valence-corrected chi connectivity index (χ2v) is 23.9. The van der Waals surface area contributed by atoms with Crippen molar-refractivity contribution in [1.29, 1.82) is 0 Å². The third-order valence-corrected chi connectivity index (χ3v) is 16.1. The maximum absolute atomic E-state index is 12.5. The van der Waals surface area contributed by atoms with Crippen molar-refractivity contribution in [3.63, 3.8) is 0 Å². The Morgan fingerprint density at radius 3 is 1.00 bits per heavy atom. The molecule has 0 aliphatic rings. The van der Waals surface area contributed by atoms with Crippen molar-refractivity contribution in [2.75, 3.05) is 13.2 Å². The summed E-state index contributed by atoms with van der Waals surface area (Å²) in [6, 6.07) is -0.548. The van der Waals surface area contributed by atoms with Gasteiger partial charge in [-0.05, 0) is 89.9 Å². The van der Waals surface area contributed by atoms with Gasteiger partial charge in [0.1, 0.15) is 0 Å². The quantitative estimate of drug-likeness (QED) is 0.0320. The summed E-state index contributed by atoms with van der Waals surface area (Å²) in [5, 5.41) is 23.4. The fourth-order valence-corrected chi connectivity index (χ4v) is 10.8. The van der Waals surface area contributed by atoms with Gasteiger partial charge >= 0.3 is 5.97 Å². The van der Waals surface area contributed by atoms with Crippen LogP contribution in [-0.4, -0.2) is 47.4 Å². The molecule has 2 unspecified atom stereocenters. The molecule has 0 heterocycles. The number of hydrogen-bond acceptors (Lipinski definition) is 5. The largest absolute Gasteiger partial charge is 0.466 e. The van der Waals surface area contributed by atoms with E-state index >= 15 is 0 Å². The molecule has 0 aromatic rings. The molecule has 0 spiro atoms. The minimum Gasteiger partial charge on any atom is -0.466 e. The Bertz CT molecular complexity index is 1310. The fourth-order valence-electron chi connectivity index (χ4n) is 10.8. The Hall–Kier alpha value is -2.18. The third-order valence-electron chi connectivity index (χ3n) is 16.1. The monoisotopic (exact) mass is 1090 g/mol. The second-order valence-electron chi connectivity index (χ2n) is 23.9. The molecular weight excluding hydrogens is 959 g/mol. The molecular formula is C72H135NO5. The Labute approximate surface area is 486 Å². The average Bonchev–Trinajstić information content (AvgIpc) is 3.44. The van der Waals surface area contributed by atoms with E-state index in [0.29, 0.717) is 25.9 Å². The predicted octanol–water partition coefficient (Wildman–Crippen LogP) is 22.5. The van der Waals surface area contributed by atoms with Gasteiger partial charge in [-0.15, -0.1) is 0 Å². The Morgan fingerprint density at radius 1 is 0.359 bits per heavy atom. The molecule has 1 amide bonds. The zero-order chi connectivity index (χ0) is 56.4. The number of nitrogens with one attached hydrogen (secondary N) is 1. The van der Waals surface area contributed by atoms with Gasteiger partial charge in [0.15, 0.2) is 0 Å². The first-order valence-electron chi connectivity index (χ1n) is 34.9. The smallest absolute Gasteiger partial charge is 0.305 e. The lowest BCUT2D eigenvalue weighted by atomic mass is 10.0. The van der Waals surface area contributed by atoms with E-state index in [1.54, 1.807) is 0 Å². The lowest BCUT2D eigenvalue weighted by Crippen LogP contribution is -2.45.